The highest BCUT2D eigenvalue weighted by atomic mass is 15.3. The lowest BCUT2D eigenvalue weighted by Gasteiger charge is -2.12. The summed E-state index contributed by atoms with van der Waals surface area (Å²) in [5.41, 5.74) is 4.51. The van der Waals surface area contributed by atoms with E-state index in [1.54, 1.807) is 11.3 Å². The lowest BCUT2D eigenvalue weighted by Crippen LogP contribution is -2.16. The van der Waals surface area contributed by atoms with E-state index in [0.29, 0.717) is 5.92 Å². The van der Waals surface area contributed by atoms with E-state index in [4.69, 9.17) is 0 Å². The highest BCUT2D eigenvalue weighted by molar-refractivity contribution is 5.38. The number of aromatic nitrogens is 2. The minimum atomic E-state index is 0.717. The first-order chi connectivity index (χ1) is 7.31. The minimum absolute atomic E-state index is 0.717. The van der Waals surface area contributed by atoms with Crippen molar-refractivity contribution >= 4 is 0 Å². The van der Waals surface area contributed by atoms with Crippen molar-refractivity contribution in [1.29, 1.82) is 0 Å². The third kappa shape index (κ3) is 1.41. The van der Waals surface area contributed by atoms with Gasteiger partial charge in [0.05, 0.1) is 5.69 Å². The average Bonchev–Trinajstić information content (AvgIpc) is 2.89. The van der Waals surface area contributed by atoms with E-state index in [0.717, 1.165) is 12.5 Å². The van der Waals surface area contributed by atoms with Gasteiger partial charge in [-0.15, -0.1) is 0 Å². The molecule has 3 heteroatoms. The van der Waals surface area contributed by atoms with Gasteiger partial charge in [0.1, 0.15) is 0 Å². The normalized spacial score (nSPS) is 24.5. The lowest BCUT2D eigenvalue weighted by atomic mass is 9.99. The summed E-state index contributed by atoms with van der Waals surface area (Å²) in [4.78, 5) is 0. The molecule has 2 aliphatic carbocycles. The number of rotatable bonds is 3. The molecule has 0 bridgehead atoms. The van der Waals surface area contributed by atoms with Crippen molar-refractivity contribution < 1.29 is 0 Å². The summed E-state index contributed by atoms with van der Waals surface area (Å²) in [5, 5.41) is 7.98. The molecule has 3 rings (SSSR count). The number of aryl methyl sites for hydroxylation is 2. The van der Waals surface area contributed by atoms with E-state index in [1.807, 2.05) is 7.05 Å². The van der Waals surface area contributed by atoms with Crippen LogP contribution in [0.4, 0.5) is 0 Å². The quantitative estimate of drug-likeness (QED) is 0.811. The van der Waals surface area contributed by atoms with Crippen LogP contribution in [0.25, 0.3) is 0 Å². The predicted molar refractivity (Wildman–Crippen MR) is 60.2 cm³/mol. The monoisotopic (exact) mass is 205 g/mol. The summed E-state index contributed by atoms with van der Waals surface area (Å²) < 4.78 is 2.14. The van der Waals surface area contributed by atoms with Crippen molar-refractivity contribution in [2.24, 2.45) is 7.05 Å². The number of fused-ring (bicyclic) bond motifs is 1. The van der Waals surface area contributed by atoms with E-state index in [2.05, 4.69) is 22.1 Å². The van der Waals surface area contributed by atoms with Crippen molar-refractivity contribution in [1.82, 2.24) is 15.1 Å². The molecule has 1 heterocycles. The SMILES string of the molecule is CNCC1CCc2nn(C)c(C3CC3)c21. The molecule has 15 heavy (non-hydrogen) atoms. The second kappa shape index (κ2) is 3.34. The van der Waals surface area contributed by atoms with Crippen LogP contribution in [-0.4, -0.2) is 23.4 Å². The first-order valence-corrected chi connectivity index (χ1v) is 6.01. The van der Waals surface area contributed by atoms with Crippen LogP contribution in [0.1, 0.15) is 48.0 Å². The van der Waals surface area contributed by atoms with Crippen LogP contribution >= 0.6 is 0 Å². The summed E-state index contributed by atoms with van der Waals surface area (Å²) in [5.74, 6) is 1.54. The number of nitrogens with one attached hydrogen (secondary N) is 1. The fourth-order valence-corrected chi connectivity index (χ4v) is 2.99. The minimum Gasteiger partial charge on any atom is -0.319 e. The lowest BCUT2D eigenvalue weighted by molar-refractivity contribution is 0.597. The van der Waals surface area contributed by atoms with Gasteiger partial charge in [0.25, 0.3) is 0 Å². The van der Waals surface area contributed by atoms with Gasteiger partial charge < -0.3 is 5.32 Å². The zero-order valence-corrected chi connectivity index (χ0v) is 9.58. The van der Waals surface area contributed by atoms with Crippen molar-refractivity contribution in [3.05, 3.63) is 17.0 Å². The molecule has 0 amide bonds. The Morgan fingerprint density at radius 2 is 2.20 bits per heavy atom. The Morgan fingerprint density at radius 1 is 1.40 bits per heavy atom. The van der Waals surface area contributed by atoms with Gasteiger partial charge in [-0.05, 0) is 32.7 Å². The Labute approximate surface area is 90.9 Å². The van der Waals surface area contributed by atoms with Gasteiger partial charge in [-0.1, -0.05) is 0 Å². The first kappa shape index (κ1) is 9.40. The van der Waals surface area contributed by atoms with E-state index in [9.17, 15) is 0 Å². The highest BCUT2D eigenvalue weighted by Gasteiger charge is 2.36. The molecule has 1 saturated carbocycles. The first-order valence-electron chi connectivity index (χ1n) is 6.01. The van der Waals surface area contributed by atoms with Crippen molar-refractivity contribution in [2.75, 3.05) is 13.6 Å². The molecule has 1 N–H and O–H groups in total. The van der Waals surface area contributed by atoms with Gasteiger partial charge in [-0.2, -0.15) is 5.10 Å². The van der Waals surface area contributed by atoms with Crippen molar-refractivity contribution in [3.8, 4) is 0 Å². The van der Waals surface area contributed by atoms with Gasteiger partial charge in [0, 0.05) is 36.7 Å². The number of hydrogen-bond acceptors (Lipinski definition) is 2. The van der Waals surface area contributed by atoms with Crippen molar-refractivity contribution in [3.63, 3.8) is 0 Å². The molecule has 82 valence electrons. The largest absolute Gasteiger partial charge is 0.319 e. The maximum Gasteiger partial charge on any atom is 0.0663 e. The molecule has 1 fully saturated rings. The number of hydrogen-bond donors (Lipinski definition) is 1. The molecule has 0 radical (unpaired) electrons. The second-order valence-electron chi connectivity index (χ2n) is 4.94. The van der Waals surface area contributed by atoms with Crippen molar-refractivity contribution in [2.45, 2.75) is 37.5 Å². The molecular formula is C12H19N3. The molecule has 0 aliphatic heterocycles. The Balaban J connectivity index is 2.00. The standard InChI is InChI=1S/C12H19N3/c1-13-7-9-5-6-10-11(9)12(8-3-4-8)15(2)14-10/h8-9,13H,3-7H2,1-2H3. The summed E-state index contributed by atoms with van der Waals surface area (Å²) in [6, 6.07) is 0. The maximum absolute atomic E-state index is 4.67. The van der Waals surface area contributed by atoms with Crippen LogP contribution in [0, 0.1) is 0 Å². The van der Waals surface area contributed by atoms with Gasteiger partial charge in [0.15, 0.2) is 0 Å². The highest BCUT2D eigenvalue weighted by Crippen LogP contribution is 2.46. The van der Waals surface area contributed by atoms with Gasteiger partial charge in [-0.3, -0.25) is 4.68 Å². The van der Waals surface area contributed by atoms with E-state index in [-0.39, 0.29) is 0 Å². The number of nitrogens with zero attached hydrogens (tertiary/aromatic N) is 2. The molecule has 0 aromatic carbocycles. The molecule has 1 atom stereocenters. The summed E-state index contributed by atoms with van der Waals surface area (Å²) >= 11 is 0. The summed E-state index contributed by atoms with van der Waals surface area (Å²) in [6.45, 7) is 1.11. The van der Waals surface area contributed by atoms with Crippen LogP contribution in [0.3, 0.4) is 0 Å². The molecule has 1 aromatic heterocycles. The Hall–Kier alpha value is -0.830. The second-order valence-corrected chi connectivity index (χ2v) is 4.94. The Morgan fingerprint density at radius 3 is 2.87 bits per heavy atom. The van der Waals surface area contributed by atoms with E-state index in [1.165, 1.54) is 31.4 Å². The van der Waals surface area contributed by atoms with Crippen LogP contribution < -0.4 is 5.32 Å². The fraction of sp³-hybridized carbons (Fsp3) is 0.750. The molecule has 2 aliphatic rings. The Kier molecular flexibility index (Phi) is 2.09. The molecule has 1 unspecified atom stereocenters. The molecule has 0 spiro atoms. The maximum atomic E-state index is 4.67. The third-order valence-corrected chi connectivity index (χ3v) is 3.76. The van der Waals surface area contributed by atoms with Crippen LogP contribution in [-0.2, 0) is 13.5 Å². The molecule has 3 nitrogen and oxygen atoms in total. The van der Waals surface area contributed by atoms with Crippen LogP contribution in [0.5, 0.6) is 0 Å². The number of likely N-dealkylation sites (N-methyl/N-ethyl adjacent to an activating group) is 1. The molecule has 1 aromatic rings. The topological polar surface area (TPSA) is 29.9 Å². The van der Waals surface area contributed by atoms with Gasteiger partial charge in [0.2, 0.25) is 0 Å². The van der Waals surface area contributed by atoms with E-state index < -0.39 is 0 Å². The summed E-state index contributed by atoms with van der Waals surface area (Å²) in [7, 11) is 4.16. The van der Waals surface area contributed by atoms with Crippen LogP contribution in [0.15, 0.2) is 0 Å². The van der Waals surface area contributed by atoms with Gasteiger partial charge in [-0.25, -0.2) is 0 Å². The van der Waals surface area contributed by atoms with Gasteiger partial charge >= 0.3 is 0 Å². The molecule has 0 saturated heterocycles. The molecular weight excluding hydrogens is 186 g/mol. The smallest absolute Gasteiger partial charge is 0.0663 e. The zero-order valence-electron chi connectivity index (χ0n) is 9.58. The average molecular weight is 205 g/mol. The summed E-state index contributed by atoms with van der Waals surface area (Å²) in [6.07, 6.45) is 5.22. The predicted octanol–water partition coefficient (Wildman–Crippen LogP) is 1.55. The Bertz CT molecular complexity index is 376. The van der Waals surface area contributed by atoms with Crippen LogP contribution in [0.2, 0.25) is 0 Å². The van der Waals surface area contributed by atoms with E-state index >= 15 is 0 Å². The third-order valence-electron chi connectivity index (χ3n) is 3.76. The fourth-order valence-electron chi connectivity index (χ4n) is 2.99. The zero-order chi connectivity index (χ0) is 10.4.